The number of hydrogen-bond acceptors (Lipinski definition) is 4. The molecule has 0 bridgehead atoms. The number of morpholine rings is 1. The predicted octanol–water partition coefficient (Wildman–Crippen LogP) is 2.46. The lowest BCUT2D eigenvalue weighted by atomic mass is 10.0. The van der Waals surface area contributed by atoms with Gasteiger partial charge in [-0.3, -0.25) is 4.90 Å². The van der Waals surface area contributed by atoms with Gasteiger partial charge in [-0.05, 0) is 23.3 Å². The van der Waals surface area contributed by atoms with Crippen molar-refractivity contribution in [3.63, 3.8) is 0 Å². The Hall–Kier alpha value is -2.24. The Morgan fingerprint density at radius 3 is 2.95 bits per heavy atom. The van der Waals surface area contributed by atoms with E-state index in [2.05, 4.69) is 44.1 Å². The highest BCUT2D eigenvalue weighted by Gasteiger charge is 2.12. The van der Waals surface area contributed by atoms with Crippen molar-refractivity contribution < 1.29 is 4.74 Å². The number of aromatic nitrogens is 3. The normalized spacial score (nSPS) is 16.2. The number of H-pyrrole nitrogens is 1. The van der Waals surface area contributed by atoms with E-state index in [0.29, 0.717) is 0 Å². The highest BCUT2D eigenvalue weighted by molar-refractivity contribution is 5.89. The van der Waals surface area contributed by atoms with E-state index in [1.54, 1.807) is 6.33 Å². The Morgan fingerprint density at radius 2 is 2.05 bits per heavy atom. The number of hydrogen-bond donors (Lipinski definition) is 1. The molecule has 0 atom stereocenters. The van der Waals surface area contributed by atoms with E-state index >= 15 is 0 Å². The van der Waals surface area contributed by atoms with Crippen LogP contribution in [0.1, 0.15) is 5.56 Å². The molecule has 1 aliphatic heterocycles. The first-order valence-electron chi connectivity index (χ1n) is 7.58. The molecule has 112 valence electrons. The van der Waals surface area contributed by atoms with E-state index in [0.717, 1.165) is 49.6 Å². The van der Waals surface area contributed by atoms with Crippen LogP contribution in [0.2, 0.25) is 0 Å². The summed E-state index contributed by atoms with van der Waals surface area (Å²) in [6.07, 6.45) is 3.51. The fraction of sp³-hybridized carbons (Fsp3) is 0.294. The summed E-state index contributed by atoms with van der Waals surface area (Å²) in [6.45, 7) is 4.64. The number of rotatable bonds is 3. The first kappa shape index (κ1) is 13.4. The molecule has 3 heterocycles. The Labute approximate surface area is 129 Å². The SMILES string of the molecule is c1cc(CN2CCOCC2)cc(-c2ccnc3nc[nH]c23)c1. The van der Waals surface area contributed by atoms with Crippen LogP contribution < -0.4 is 0 Å². The molecule has 0 saturated carbocycles. The number of ether oxygens (including phenoxy) is 1. The van der Waals surface area contributed by atoms with Crippen molar-refractivity contribution in [2.24, 2.45) is 0 Å². The molecule has 22 heavy (non-hydrogen) atoms. The zero-order chi connectivity index (χ0) is 14.8. The van der Waals surface area contributed by atoms with Gasteiger partial charge in [-0.15, -0.1) is 0 Å². The lowest BCUT2D eigenvalue weighted by Crippen LogP contribution is -2.35. The number of fused-ring (bicyclic) bond motifs is 1. The number of aromatic amines is 1. The standard InChI is InChI=1S/C17H18N4O/c1-2-13(11-21-6-8-22-9-7-21)10-14(3-1)15-4-5-18-17-16(15)19-12-20-17/h1-5,10,12H,6-9,11H2,(H,18,19,20). The van der Waals surface area contributed by atoms with Crippen LogP contribution in [-0.2, 0) is 11.3 Å². The third kappa shape index (κ3) is 2.61. The average molecular weight is 294 g/mol. The van der Waals surface area contributed by atoms with Crippen molar-refractivity contribution in [3.8, 4) is 11.1 Å². The van der Waals surface area contributed by atoms with E-state index < -0.39 is 0 Å². The summed E-state index contributed by atoms with van der Waals surface area (Å²) >= 11 is 0. The van der Waals surface area contributed by atoms with Crippen LogP contribution >= 0.6 is 0 Å². The lowest BCUT2D eigenvalue weighted by molar-refractivity contribution is 0.0342. The Kier molecular flexibility index (Phi) is 3.58. The molecule has 1 N–H and O–H groups in total. The molecule has 1 saturated heterocycles. The third-order valence-corrected chi connectivity index (χ3v) is 4.07. The molecular formula is C17H18N4O. The number of benzene rings is 1. The number of imidazole rings is 1. The molecule has 0 radical (unpaired) electrons. The van der Waals surface area contributed by atoms with Crippen LogP contribution in [0.15, 0.2) is 42.9 Å². The molecule has 5 heteroatoms. The van der Waals surface area contributed by atoms with Crippen LogP contribution in [0, 0.1) is 0 Å². The smallest absolute Gasteiger partial charge is 0.178 e. The number of nitrogens with one attached hydrogen (secondary N) is 1. The lowest BCUT2D eigenvalue weighted by Gasteiger charge is -2.26. The van der Waals surface area contributed by atoms with Crippen molar-refractivity contribution in [2.45, 2.75) is 6.54 Å². The third-order valence-electron chi connectivity index (χ3n) is 4.07. The Morgan fingerprint density at radius 1 is 1.14 bits per heavy atom. The highest BCUT2D eigenvalue weighted by Crippen LogP contribution is 2.26. The maximum atomic E-state index is 5.41. The maximum Gasteiger partial charge on any atom is 0.178 e. The van der Waals surface area contributed by atoms with Gasteiger partial charge in [-0.2, -0.15) is 0 Å². The zero-order valence-corrected chi connectivity index (χ0v) is 12.3. The first-order valence-corrected chi connectivity index (χ1v) is 7.58. The van der Waals surface area contributed by atoms with Gasteiger partial charge >= 0.3 is 0 Å². The molecule has 2 aromatic heterocycles. The van der Waals surface area contributed by atoms with Crippen molar-refractivity contribution >= 4 is 11.2 Å². The van der Waals surface area contributed by atoms with Crippen LogP contribution in [-0.4, -0.2) is 46.2 Å². The highest BCUT2D eigenvalue weighted by atomic mass is 16.5. The Bertz CT molecular complexity index is 777. The van der Waals surface area contributed by atoms with Crippen LogP contribution in [0.5, 0.6) is 0 Å². The maximum absolute atomic E-state index is 5.41. The van der Waals surface area contributed by atoms with Crippen molar-refractivity contribution in [3.05, 3.63) is 48.4 Å². The fourth-order valence-corrected chi connectivity index (χ4v) is 2.94. The minimum absolute atomic E-state index is 0.760. The molecule has 3 aromatic rings. The second-order valence-corrected chi connectivity index (χ2v) is 5.55. The molecule has 4 rings (SSSR count). The van der Waals surface area contributed by atoms with Crippen molar-refractivity contribution in [1.29, 1.82) is 0 Å². The van der Waals surface area contributed by atoms with E-state index in [4.69, 9.17) is 4.74 Å². The van der Waals surface area contributed by atoms with E-state index in [1.165, 1.54) is 11.1 Å². The van der Waals surface area contributed by atoms with Gasteiger partial charge in [0.15, 0.2) is 5.65 Å². The quantitative estimate of drug-likeness (QED) is 0.806. The number of nitrogens with zero attached hydrogens (tertiary/aromatic N) is 3. The van der Waals surface area contributed by atoms with Gasteiger partial charge in [-0.25, -0.2) is 9.97 Å². The van der Waals surface area contributed by atoms with Gasteiger partial charge in [0, 0.05) is 31.4 Å². The monoisotopic (exact) mass is 294 g/mol. The van der Waals surface area contributed by atoms with Crippen LogP contribution in [0.3, 0.4) is 0 Å². The molecule has 0 amide bonds. The summed E-state index contributed by atoms with van der Waals surface area (Å²) in [4.78, 5) is 14.1. The second kappa shape index (κ2) is 5.87. The summed E-state index contributed by atoms with van der Waals surface area (Å²) < 4.78 is 5.41. The van der Waals surface area contributed by atoms with Crippen LogP contribution in [0.4, 0.5) is 0 Å². The van der Waals surface area contributed by atoms with E-state index in [-0.39, 0.29) is 0 Å². The molecule has 0 unspecified atom stereocenters. The topological polar surface area (TPSA) is 54.0 Å². The van der Waals surface area contributed by atoms with Crippen molar-refractivity contribution in [1.82, 2.24) is 19.9 Å². The fourth-order valence-electron chi connectivity index (χ4n) is 2.94. The van der Waals surface area contributed by atoms with Gasteiger partial charge in [0.2, 0.25) is 0 Å². The van der Waals surface area contributed by atoms with Gasteiger partial charge in [0.1, 0.15) is 0 Å². The molecular weight excluding hydrogens is 276 g/mol. The molecule has 5 nitrogen and oxygen atoms in total. The first-order chi connectivity index (χ1) is 10.9. The summed E-state index contributed by atoms with van der Waals surface area (Å²) in [7, 11) is 0. The molecule has 0 spiro atoms. The largest absolute Gasteiger partial charge is 0.379 e. The van der Waals surface area contributed by atoms with Gasteiger partial charge < -0.3 is 9.72 Å². The predicted molar refractivity (Wildman–Crippen MR) is 85.4 cm³/mol. The minimum atomic E-state index is 0.760. The summed E-state index contributed by atoms with van der Waals surface area (Å²) in [5.74, 6) is 0. The number of pyridine rings is 1. The molecule has 1 fully saturated rings. The van der Waals surface area contributed by atoms with Crippen molar-refractivity contribution in [2.75, 3.05) is 26.3 Å². The van der Waals surface area contributed by atoms with Gasteiger partial charge in [0.05, 0.1) is 25.1 Å². The van der Waals surface area contributed by atoms with E-state index in [1.807, 2.05) is 12.3 Å². The summed E-state index contributed by atoms with van der Waals surface area (Å²) in [5.41, 5.74) is 5.42. The molecule has 1 aromatic carbocycles. The van der Waals surface area contributed by atoms with E-state index in [9.17, 15) is 0 Å². The second-order valence-electron chi connectivity index (χ2n) is 5.55. The summed E-state index contributed by atoms with van der Waals surface area (Å²) in [6, 6.07) is 10.7. The Balaban J connectivity index is 1.65. The zero-order valence-electron chi connectivity index (χ0n) is 12.3. The minimum Gasteiger partial charge on any atom is -0.379 e. The van der Waals surface area contributed by atoms with Gasteiger partial charge in [0.25, 0.3) is 0 Å². The molecule has 1 aliphatic rings. The van der Waals surface area contributed by atoms with Gasteiger partial charge in [-0.1, -0.05) is 18.2 Å². The summed E-state index contributed by atoms with van der Waals surface area (Å²) in [5, 5.41) is 0. The average Bonchev–Trinajstić information content (AvgIpc) is 3.04. The van der Waals surface area contributed by atoms with Crippen LogP contribution in [0.25, 0.3) is 22.3 Å². The molecule has 0 aliphatic carbocycles.